The van der Waals surface area contributed by atoms with Gasteiger partial charge in [0.05, 0.1) is 12.9 Å². The summed E-state index contributed by atoms with van der Waals surface area (Å²) in [6, 6.07) is 7.34. The van der Waals surface area contributed by atoms with Crippen molar-refractivity contribution < 1.29 is 4.79 Å². The average Bonchev–Trinajstić information content (AvgIpc) is 2.71. The number of carbonyl (C=O) groups excluding carboxylic acids is 1. The molecule has 0 aliphatic carbocycles. The van der Waals surface area contributed by atoms with Crippen molar-refractivity contribution in [2.45, 2.75) is 6.54 Å². The van der Waals surface area contributed by atoms with Crippen molar-refractivity contribution in [3.8, 4) is 0 Å². The lowest BCUT2D eigenvalue weighted by atomic mass is 10.1. The maximum absolute atomic E-state index is 11.8. The van der Waals surface area contributed by atoms with Crippen LogP contribution in [0.3, 0.4) is 0 Å². The van der Waals surface area contributed by atoms with E-state index in [1.54, 1.807) is 23.3 Å². The zero-order chi connectivity index (χ0) is 10.7. The van der Waals surface area contributed by atoms with E-state index in [1.165, 1.54) is 0 Å². The van der Waals surface area contributed by atoms with Gasteiger partial charge in [-0.25, -0.2) is 4.98 Å². The lowest BCUT2D eigenvalue weighted by Crippen LogP contribution is -2.08. The third-order valence-corrected chi connectivity index (χ3v) is 2.58. The van der Waals surface area contributed by atoms with Gasteiger partial charge in [0.15, 0.2) is 5.78 Å². The minimum atomic E-state index is 0. The second kappa shape index (κ2) is 5.82. The van der Waals surface area contributed by atoms with E-state index in [-0.39, 0.29) is 18.2 Å². The van der Waals surface area contributed by atoms with Crippen molar-refractivity contribution in [3.63, 3.8) is 0 Å². The maximum atomic E-state index is 11.8. The van der Waals surface area contributed by atoms with Crippen LogP contribution in [0.15, 0.2) is 47.5 Å². The van der Waals surface area contributed by atoms with Gasteiger partial charge in [0.25, 0.3) is 0 Å². The summed E-state index contributed by atoms with van der Waals surface area (Å²) in [7, 11) is 0. The number of Topliss-reactive ketones (excluding diaryl/α,β-unsaturated/α-hetero) is 1. The molecule has 0 atom stereocenters. The van der Waals surface area contributed by atoms with Gasteiger partial charge in [0.2, 0.25) is 0 Å². The first kappa shape index (κ1) is 12.9. The van der Waals surface area contributed by atoms with E-state index in [0.29, 0.717) is 12.1 Å². The fourth-order valence-electron chi connectivity index (χ4n) is 1.27. The number of ketones is 1. The van der Waals surface area contributed by atoms with Gasteiger partial charge in [-0.15, -0.1) is 12.4 Å². The smallest absolute Gasteiger partial charge is 0.182 e. The molecule has 0 saturated carbocycles. The zero-order valence-corrected chi connectivity index (χ0v) is 10.7. The van der Waals surface area contributed by atoms with Gasteiger partial charge in [-0.2, -0.15) is 0 Å². The Morgan fingerprint density at radius 1 is 1.31 bits per heavy atom. The fourth-order valence-corrected chi connectivity index (χ4v) is 1.54. The van der Waals surface area contributed by atoms with Crippen LogP contribution in [0.2, 0.25) is 0 Å². The number of rotatable bonds is 3. The van der Waals surface area contributed by atoms with Crippen LogP contribution in [0.25, 0.3) is 0 Å². The quantitative estimate of drug-likeness (QED) is 0.817. The van der Waals surface area contributed by atoms with E-state index in [1.807, 2.05) is 24.3 Å². The second-order valence-corrected chi connectivity index (χ2v) is 4.08. The Kier molecular flexibility index (Phi) is 4.71. The number of carbonyl (C=O) groups is 1. The predicted octanol–water partition coefficient (Wildman–Crippen LogP) is 2.95. The Morgan fingerprint density at radius 3 is 2.56 bits per heavy atom. The molecule has 0 fully saturated rings. The molecule has 0 aliphatic heterocycles. The second-order valence-electron chi connectivity index (χ2n) is 3.17. The molecule has 2 rings (SSSR count). The topological polar surface area (TPSA) is 34.9 Å². The van der Waals surface area contributed by atoms with E-state index in [0.717, 1.165) is 4.47 Å². The minimum Gasteiger partial charge on any atom is -0.330 e. The number of hydrogen-bond donors (Lipinski definition) is 0. The van der Waals surface area contributed by atoms with E-state index in [4.69, 9.17) is 0 Å². The summed E-state index contributed by atoms with van der Waals surface area (Å²) in [6.07, 6.45) is 5.07. The van der Waals surface area contributed by atoms with Gasteiger partial charge >= 0.3 is 0 Å². The van der Waals surface area contributed by atoms with E-state index >= 15 is 0 Å². The van der Waals surface area contributed by atoms with E-state index < -0.39 is 0 Å². The summed E-state index contributed by atoms with van der Waals surface area (Å²) in [6.45, 7) is 0.335. The molecule has 2 aromatic rings. The molecular weight excluding hydrogens is 291 g/mol. The normalized spacial score (nSPS) is 9.56. The van der Waals surface area contributed by atoms with Crippen LogP contribution >= 0.6 is 28.3 Å². The molecule has 16 heavy (non-hydrogen) atoms. The van der Waals surface area contributed by atoms with Crippen molar-refractivity contribution in [3.05, 3.63) is 53.0 Å². The van der Waals surface area contributed by atoms with Crippen molar-refractivity contribution >= 4 is 34.1 Å². The number of aromatic nitrogens is 2. The van der Waals surface area contributed by atoms with Crippen LogP contribution in [0.4, 0.5) is 0 Å². The number of hydrogen-bond acceptors (Lipinski definition) is 2. The first-order valence-electron chi connectivity index (χ1n) is 4.50. The molecule has 3 nitrogen and oxygen atoms in total. The van der Waals surface area contributed by atoms with Crippen LogP contribution in [0, 0.1) is 0 Å². The summed E-state index contributed by atoms with van der Waals surface area (Å²) in [4.78, 5) is 15.6. The number of nitrogens with zero attached hydrogens (tertiary/aromatic N) is 2. The standard InChI is InChI=1S/C11H9BrN2O.ClH/c12-10-3-1-9(2-4-10)11(15)7-14-6-5-13-8-14;/h1-6,8H,7H2;1H. The Labute approximate surface area is 108 Å². The van der Waals surface area contributed by atoms with Gasteiger partial charge in [0, 0.05) is 22.4 Å². The van der Waals surface area contributed by atoms with Crippen LogP contribution in [0.5, 0.6) is 0 Å². The molecular formula is C11H10BrClN2O. The van der Waals surface area contributed by atoms with E-state index in [2.05, 4.69) is 20.9 Å². The number of halogens is 2. The summed E-state index contributed by atoms with van der Waals surface area (Å²) in [5.41, 5.74) is 0.715. The first-order valence-corrected chi connectivity index (χ1v) is 5.29. The molecule has 0 amide bonds. The maximum Gasteiger partial charge on any atom is 0.182 e. The fraction of sp³-hybridized carbons (Fsp3) is 0.0909. The Bertz CT molecular complexity index is 453. The zero-order valence-electron chi connectivity index (χ0n) is 8.34. The van der Waals surface area contributed by atoms with Crippen LogP contribution < -0.4 is 0 Å². The highest BCUT2D eigenvalue weighted by Gasteiger charge is 2.05. The molecule has 5 heteroatoms. The molecule has 0 unspecified atom stereocenters. The SMILES string of the molecule is Cl.O=C(Cn1ccnc1)c1ccc(Br)cc1. The van der Waals surface area contributed by atoms with Gasteiger partial charge in [-0.05, 0) is 12.1 Å². The molecule has 1 heterocycles. The number of imidazole rings is 1. The minimum absolute atomic E-state index is 0. The van der Waals surface area contributed by atoms with Gasteiger partial charge in [0.1, 0.15) is 0 Å². The lowest BCUT2D eigenvalue weighted by molar-refractivity contribution is 0.0972. The van der Waals surface area contributed by atoms with Crippen molar-refractivity contribution in [1.29, 1.82) is 0 Å². The molecule has 0 spiro atoms. The molecule has 0 N–H and O–H groups in total. The third kappa shape index (κ3) is 3.18. The Morgan fingerprint density at radius 2 is 2.00 bits per heavy atom. The molecule has 1 aromatic carbocycles. The van der Waals surface area contributed by atoms with Crippen molar-refractivity contribution in [2.75, 3.05) is 0 Å². The van der Waals surface area contributed by atoms with Crippen molar-refractivity contribution in [2.24, 2.45) is 0 Å². The molecule has 0 aliphatic rings. The summed E-state index contributed by atoms with van der Waals surface area (Å²) < 4.78 is 2.73. The Balaban J connectivity index is 0.00000128. The van der Waals surface area contributed by atoms with Crippen LogP contribution in [-0.4, -0.2) is 15.3 Å². The highest BCUT2D eigenvalue weighted by molar-refractivity contribution is 9.10. The monoisotopic (exact) mass is 300 g/mol. The highest BCUT2D eigenvalue weighted by atomic mass is 79.9. The largest absolute Gasteiger partial charge is 0.330 e. The Hall–Kier alpha value is -1.13. The predicted molar refractivity (Wildman–Crippen MR) is 67.9 cm³/mol. The van der Waals surface area contributed by atoms with Crippen LogP contribution in [-0.2, 0) is 6.54 Å². The van der Waals surface area contributed by atoms with Crippen molar-refractivity contribution in [1.82, 2.24) is 9.55 Å². The lowest BCUT2D eigenvalue weighted by Gasteiger charge is -2.01. The van der Waals surface area contributed by atoms with Gasteiger partial charge in [-0.1, -0.05) is 28.1 Å². The van der Waals surface area contributed by atoms with Gasteiger partial charge in [-0.3, -0.25) is 4.79 Å². The molecule has 0 saturated heterocycles. The molecule has 0 bridgehead atoms. The number of benzene rings is 1. The summed E-state index contributed by atoms with van der Waals surface area (Å²) >= 11 is 3.33. The van der Waals surface area contributed by atoms with Crippen LogP contribution in [0.1, 0.15) is 10.4 Å². The summed E-state index contributed by atoms with van der Waals surface area (Å²) in [5.74, 6) is 0.0838. The highest BCUT2D eigenvalue weighted by Crippen LogP contribution is 2.11. The summed E-state index contributed by atoms with van der Waals surface area (Å²) in [5, 5.41) is 0. The molecule has 1 aromatic heterocycles. The molecule has 84 valence electrons. The molecule has 0 radical (unpaired) electrons. The average molecular weight is 302 g/mol. The third-order valence-electron chi connectivity index (χ3n) is 2.05. The van der Waals surface area contributed by atoms with Gasteiger partial charge < -0.3 is 4.57 Å². The first-order chi connectivity index (χ1) is 7.25. The van der Waals surface area contributed by atoms with E-state index in [9.17, 15) is 4.79 Å².